The number of hydrogen-bond donors (Lipinski definition) is 2. The van der Waals surface area contributed by atoms with E-state index in [2.05, 4.69) is 9.62 Å². The van der Waals surface area contributed by atoms with Crippen molar-refractivity contribution in [2.45, 2.75) is 36.3 Å². The molecule has 3 N–H and O–H groups in total. The second kappa shape index (κ2) is 5.47. The van der Waals surface area contributed by atoms with Gasteiger partial charge in [-0.05, 0) is 44.5 Å². The van der Waals surface area contributed by atoms with E-state index in [1.807, 2.05) is 0 Å². The van der Waals surface area contributed by atoms with Gasteiger partial charge in [0.25, 0.3) is 0 Å². The molecule has 1 aromatic carbocycles. The summed E-state index contributed by atoms with van der Waals surface area (Å²) in [5, 5.41) is 0. The highest BCUT2D eigenvalue weighted by molar-refractivity contribution is 7.89. The average Bonchev–Trinajstić information content (AvgIpc) is 2.95. The predicted molar refractivity (Wildman–Crippen MR) is 81.8 cm³/mol. The Kier molecular flexibility index (Phi) is 3.81. The lowest BCUT2D eigenvalue weighted by Crippen LogP contribution is -2.48. The summed E-state index contributed by atoms with van der Waals surface area (Å²) in [7, 11) is -2.07. The Bertz CT molecular complexity index is 632. The largest absolute Gasteiger partial charge is 0.397 e. The molecule has 0 aromatic heterocycles. The van der Waals surface area contributed by atoms with Crippen molar-refractivity contribution in [2.75, 3.05) is 30.8 Å². The van der Waals surface area contributed by atoms with Gasteiger partial charge in [-0.1, -0.05) is 0 Å². The van der Waals surface area contributed by atoms with Gasteiger partial charge >= 0.3 is 0 Å². The molecule has 1 heterocycles. The van der Waals surface area contributed by atoms with Crippen molar-refractivity contribution in [2.24, 2.45) is 0 Å². The number of nitrogen functional groups attached to an aromatic ring is 1. The number of morpholine rings is 1. The molecular weight excluding hydrogens is 290 g/mol. The summed E-state index contributed by atoms with van der Waals surface area (Å²) in [6.45, 7) is 1.49. The number of fused-ring (bicyclic) bond motifs is 1. The maximum absolute atomic E-state index is 11.8. The average molecular weight is 311 g/mol. The Labute approximate surface area is 125 Å². The van der Waals surface area contributed by atoms with Crippen LogP contribution in [-0.2, 0) is 14.8 Å². The maximum Gasteiger partial charge on any atom is 0.240 e. The normalized spacial score (nSPS) is 25.9. The highest BCUT2D eigenvalue weighted by Gasteiger charge is 2.36. The molecule has 116 valence electrons. The SMILES string of the molecule is CNS(=O)(=O)c1ccc(N2CCOC3CCCC32)c(N)c1. The highest BCUT2D eigenvalue weighted by atomic mass is 32.2. The summed E-state index contributed by atoms with van der Waals surface area (Å²) in [5.74, 6) is 0. The zero-order chi connectivity index (χ0) is 15.0. The molecule has 2 unspecified atom stereocenters. The van der Waals surface area contributed by atoms with E-state index in [1.54, 1.807) is 12.1 Å². The molecule has 0 amide bonds. The lowest BCUT2D eigenvalue weighted by atomic mass is 10.1. The Hall–Kier alpha value is -1.31. The van der Waals surface area contributed by atoms with E-state index in [-0.39, 0.29) is 11.0 Å². The van der Waals surface area contributed by atoms with Crippen molar-refractivity contribution in [1.82, 2.24) is 4.72 Å². The zero-order valence-electron chi connectivity index (χ0n) is 12.1. The third-order valence-corrected chi connectivity index (χ3v) is 5.78. The summed E-state index contributed by atoms with van der Waals surface area (Å²) in [6.07, 6.45) is 3.63. The smallest absolute Gasteiger partial charge is 0.240 e. The van der Waals surface area contributed by atoms with E-state index in [0.29, 0.717) is 18.3 Å². The van der Waals surface area contributed by atoms with Crippen LogP contribution in [0.2, 0.25) is 0 Å². The first-order valence-electron chi connectivity index (χ1n) is 7.24. The maximum atomic E-state index is 11.8. The lowest BCUT2D eigenvalue weighted by Gasteiger charge is -2.40. The molecule has 1 aliphatic carbocycles. The van der Waals surface area contributed by atoms with Gasteiger partial charge < -0.3 is 15.4 Å². The summed E-state index contributed by atoms with van der Waals surface area (Å²) in [4.78, 5) is 2.47. The van der Waals surface area contributed by atoms with Crippen LogP contribution in [0, 0.1) is 0 Å². The molecular formula is C14H21N3O3S. The van der Waals surface area contributed by atoms with Crippen LogP contribution < -0.4 is 15.4 Å². The molecule has 1 saturated carbocycles. The molecule has 6 nitrogen and oxygen atoms in total. The molecule has 1 aromatic rings. The second-order valence-corrected chi connectivity index (χ2v) is 7.42. The Morgan fingerprint density at radius 2 is 2.19 bits per heavy atom. The monoisotopic (exact) mass is 311 g/mol. The van der Waals surface area contributed by atoms with Crippen LogP contribution in [-0.4, -0.2) is 40.8 Å². The van der Waals surface area contributed by atoms with E-state index in [9.17, 15) is 8.42 Å². The first kappa shape index (κ1) is 14.6. The van der Waals surface area contributed by atoms with Crippen LogP contribution in [0.3, 0.4) is 0 Å². The Morgan fingerprint density at radius 1 is 1.38 bits per heavy atom. The van der Waals surface area contributed by atoms with Gasteiger partial charge in [-0.2, -0.15) is 0 Å². The molecule has 1 saturated heterocycles. The number of sulfonamides is 1. The molecule has 7 heteroatoms. The number of ether oxygens (including phenoxy) is 1. The van der Waals surface area contributed by atoms with Gasteiger partial charge in [-0.15, -0.1) is 0 Å². The number of nitrogens with zero attached hydrogens (tertiary/aromatic N) is 1. The fourth-order valence-electron chi connectivity index (χ4n) is 3.30. The topological polar surface area (TPSA) is 84.7 Å². The fourth-order valence-corrected chi connectivity index (χ4v) is 4.07. The van der Waals surface area contributed by atoms with Crippen molar-refractivity contribution in [3.8, 4) is 0 Å². The quantitative estimate of drug-likeness (QED) is 0.811. The summed E-state index contributed by atoms with van der Waals surface area (Å²) in [6, 6.07) is 5.30. The second-order valence-electron chi connectivity index (χ2n) is 5.53. The molecule has 0 radical (unpaired) electrons. The van der Waals surface area contributed by atoms with Gasteiger partial charge in [0.05, 0.1) is 35.0 Å². The number of rotatable bonds is 3. The van der Waals surface area contributed by atoms with Crippen molar-refractivity contribution in [3.63, 3.8) is 0 Å². The summed E-state index contributed by atoms with van der Waals surface area (Å²) < 4.78 is 31.8. The molecule has 1 aliphatic heterocycles. The van der Waals surface area contributed by atoms with Crippen molar-refractivity contribution in [3.05, 3.63) is 18.2 Å². The van der Waals surface area contributed by atoms with E-state index in [4.69, 9.17) is 10.5 Å². The van der Waals surface area contributed by atoms with Crippen LogP contribution in [0.15, 0.2) is 23.1 Å². The number of anilines is 2. The van der Waals surface area contributed by atoms with E-state index in [0.717, 1.165) is 31.5 Å². The first-order valence-corrected chi connectivity index (χ1v) is 8.72. The van der Waals surface area contributed by atoms with Gasteiger partial charge in [-0.3, -0.25) is 0 Å². The summed E-state index contributed by atoms with van der Waals surface area (Å²) >= 11 is 0. The van der Waals surface area contributed by atoms with Crippen molar-refractivity contribution in [1.29, 1.82) is 0 Å². The molecule has 0 spiro atoms. The minimum atomic E-state index is -3.46. The molecule has 2 atom stereocenters. The number of hydrogen-bond acceptors (Lipinski definition) is 5. The van der Waals surface area contributed by atoms with Crippen LogP contribution in [0.5, 0.6) is 0 Å². The summed E-state index contributed by atoms with van der Waals surface area (Å²) in [5.41, 5.74) is 7.52. The van der Waals surface area contributed by atoms with Crippen LogP contribution in [0.4, 0.5) is 11.4 Å². The van der Waals surface area contributed by atoms with Crippen LogP contribution in [0.25, 0.3) is 0 Å². The first-order chi connectivity index (χ1) is 10.0. The molecule has 2 aliphatic rings. The standard InChI is InChI=1S/C14H21N3O3S/c1-16-21(18,19)10-5-6-12(11(15)9-10)17-7-8-20-14-4-2-3-13(14)17/h5-6,9,13-14,16H,2-4,7-8,15H2,1H3. The lowest BCUT2D eigenvalue weighted by molar-refractivity contribution is 0.0257. The number of nitrogens with two attached hydrogens (primary N) is 1. The van der Waals surface area contributed by atoms with E-state index >= 15 is 0 Å². The highest BCUT2D eigenvalue weighted by Crippen LogP contribution is 2.36. The van der Waals surface area contributed by atoms with Crippen molar-refractivity contribution < 1.29 is 13.2 Å². The van der Waals surface area contributed by atoms with Gasteiger partial charge in [0.15, 0.2) is 0 Å². The number of benzene rings is 1. The van der Waals surface area contributed by atoms with Gasteiger partial charge in [0, 0.05) is 6.54 Å². The van der Waals surface area contributed by atoms with Crippen molar-refractivity contribution >= 4 is 21.4 Å². The van der Waals surface area contributed by atoms with Gasteiger partial charge in [0.1, 0.15) is 0 Å². The van der Waals surface area contributed by atoms with Gasteiger partial charge in [0.2, 0.25) is 10.0 Å². The van der Waals surface area contributed by atoms with Crippen LogP contribution in [0.1, 0.15) is 19.3 Å². The van der Waals surface area contributed by atoms with Crippen LogP contribution >= 0.6 is 0 Å². The number of nitrogens with one attached hydrogen (secondary N) is 1. The van der Waals surface area contributed by atoms with E-state index in [1.165, 1.54) is 13.1 Å². The Morgan fingerprint density at radius 3 is 2.90 bits per heavy atom. The fraction of sp³-hybridized carbons (Fsp3) is 0.571. The predicted octanol–water partition coefficient (Wildman–Crippen LogP) is 0.935. The zero-order valence-corrected chi connectivity index (χ0v) is 12.9. The third kappa shape index (κ3) is 2.61. The molecule has 21 heavy (non-hydrogen) atoms. The molecule has 3 rings (SSSR count). The Balaban J connectivity index is 1.92. The molecule has 0 bridgehead atoms. The molecule has 2 fully saturated rings. The minimum absolute atomic E-state index is 0.197. The van der Waals surface area contributed by atoms with Gasteiger partial charge in [-0.25, -0.2) is 13.1 Å². The minimum Gasteiger partial charge on any atom is -0.397 e. The van der Waals surface area contributed by atoms with E-state index < -0.39 is 10.0 Å². The third-order valence-electron chi connectivity index (χ3n) is 4.37.